The first-order valence-electron chi connectivity index (χ1n) is 6.66. The van der Waals surface area contributed by atoms with Gasteiger partial charge in [-0.1, -0.05) is 0 Å². The maximum atomic E-state index is 12.3. The first-order valence-corrected chi connectivity index (χ1v) is 6.66. The summed E-state index contributed by atoms with van der Waals surface area (Å²) in [4.78, 5) is 19.5. The topological polar surface area (TPSA) is 83.8 Å². The van der Waals surface area contributed by atoms with Crippen molar-refractivity contribution < 1.29 is 4.79 Å². The Morgan fingerprint density at radius 3 is 2.76 bits per heavy atom. The monoisotopic (exact) mass is 280 g/mol. The second kappa shape index (κ2) is 4.94. The van der Waals surface area contributed by atoms with Gasteiger partial charge in [-0.05, 0) is 49.7 Å². The van der Waals surface area contributed by atoms with E-state index in [4.69, 9.17) is 5.73 Å². The average molecular weight is 280 g/mol. The Balaban J connectivity index is 1.90. The summed E-state index contributed by atoms with van der Waals surface area (Å²) in [7, 11) is 0. The molecule has 3 rings (SSSR count). The molecule has 2 heterocycles. The van der Waals surface area contributed by atoms with Crippen LogP contribution in [0.3, 0.4) is 0 Å². The largest absolute Gasteiger partial charge is 0.384 e. The summed E-state index contributed by atoms with van der Waals surface area (Å²) < 4.78 is 0. The van der Waals surface area contributed by atoms with Gasteiger partial charge in [0.1, 0.15) is 5.82 Å². The van der Waals surface area contributed by atoms with Crippen LogP contribution in [0, 0.1) is 13.8 Å². The molecule has 4 N–H and O–H groups in total. The molecular formula is C16H16N4O. The van der Waals surface area contributed by atoms with Crippen LogP contribution in [0.4, 0.5) is 11.5 Å². The summed E-state index contributed by atoms with van der Waals surface area (Å²) in [5, 5.41) is 3.87. The molecule has 0 atom stereocenters. The number of aryl methyl sites for hydroxylation is 2. The highest BCUT2D eigenvalue weighted by Crippen LogP contribution is 2.22. The Morgan fingerprint density at radius 2 is 2.05 bits per heavy atom. The van der Waals surface area contributed by atoms with Crippen LogP contribution in [0.1, 0.15) is 21.6 Å². The molecule has 21 heavy (non-hydrogen) atoms. The smallest absolute Gasteiger partial charge is 0.255 e. The molecule has 0 radical (unpaired) electrons. The van der Waals surface area contributed by atoms with Crippen LogP contribution in [0.5, 0.6) is 0 Å². The lowest BCUT2D eigenvalue weighted by Gasteiger charge is -2.05. The fourth-order valence-electron chi connectivity index (χ4n) is 2.29. The molecule has 0 bridgehead atoms. The van der Waals surface area contributed by atoms with E-state index < -0.39 is 0 Å². The number of H-pyrrole nitrogens is 1. The van der Waals surface area contributed by atoms with Gasteiger partial charge in [0.15, 0.2) is 0 Å². The van der Waals surface area contributed by atoms with Crippen molar-refractivity contribution in [1.82, 2.24) is 9.97 Å². The summed E-state index contributed by atoms with van der Waals surface area (Å²) in [5.74, 6) is 0.259. The highest BCUT2D eigenvalue weighted by molar-refractivity contribution is 6.06. The lowest BCUT2D eigenvalue weighted by molar-refractivity contribution is 0.102. The molecule has 5 nitrogen and oxygen atoms in total. The van der Waals surface area contributed by atoms with Crippen molar-refractivity contribution in [2.45, 2.75) is 13.8 Å². The van der Waals surface area contributed by atoms with Gasteiger partial charge in [0.2, 0.25) is 0 Å². The molecule has 3 aromatic rings. The molecular weight excluding hydrogens is 264 g/mol. The maximum Gasteiger partial charge on any atom is 0.255 e. The number of aromatic amines is 1. The number of pyridine rings is 1. The molecule has 0 aliphatic rings. The SMILES string of the molecule is Cc1[nH]c2ccc(C(=O)Nc3ccc(N)nc3)cc2c1C. The number of rotatable bonds is 2. The van der Waals surface area contributed by atoms with Crippen molar-refractivity contribution in [3.8, 4) is 0 Å². The zero-order valence-corrected chi connectivity index (χ0v) is 11.9. The summed E-state index contributed by atoms with van der Waals surface area (Å²) >= 11 is 0. The van der Waals surface area contributed by atoms with Crippen LogP contribution in [0.25, 0.3) is 10.9 Å². The fourth-order valence-corrected chi connectivity index (χ4v) is 2.29. The minimum Gasteiger partial charge on any atom is -0.384 e. The number of aromatic nitrogens is 2. The zero-order valence-electron chi connectivity index (χ0n) is 11.9. The number of hydrogen-bond acceptors (Lipinski definition) is 3. The fraction of sp³-hybridized carbons (Fsp3) is 0.125. The minimum absolute atomic E-state index is 0.165. The van der Waals surface area contributed by atoms with Gasteiger partial charge in [0.25, 0.3) is 5.91 Å². The number of nitrogens with one attached hydrogen (secondary N) is 2. The average Bonchev–Trinajstić information content (AvgIpc) is 2.76. The predicted octanol–water partition coefficient (Wildman–Crippen LogP) is 3.01. The normalized spacial score (nSPS) is 10.8. The Bertz CT molecular complexity index is 818. The third-order valence-electron chi connectivity index (χ3n) is 3.61. The number of nitrogen functional groups attached to an aromatic ring is 1. The van der Waals surface area contributed by atoms with Crippen molar-refractivity contribution >= 4 is 28.3 Å². The molecule has 0 unspecified atom stereocenters. The Kier molecular flexibility index (Phi) is 3.10. The molecule has 0 spiro atoms. The summed E-state index contributed by atoms with van der Waals surface area (Å²) in [5.41, 5.74) is 10.1. The number of nitrogens with two attached hydrogens (primary N) is 1. The molecule has 0 saturated carbocycles. The summed E-state index contributed by atoms with van der Waals surface area (Å²) in [6, 6.07) is 9.00. The Hall–Kier alpha value is -2.82. The maximum absolute atomic E-state index is 12.3. The van der Waals surface area contributed by atoms with Gasteiger partial charge in [0, 0.05) is 22.2 Å². The molecule has 2 aromatic heterocycles. The number of benzene rings is 1. The van der Waals surface area contributed by atoms with Gasteiger partial charge in [-0.3, -0.25) is 4.79 Å². The van der Waals surface area contributed by atoms with Crippen molar-refractivity contribution in [3.05, 3.63) is 53.3 Å². The number of carbonyl (C=O) groups excluding carboxylic acids is 1. The number of anilines is 2. The molecule has 1 amide bonds. The Morgan fingerprint density at radius 1 is 1.24 bits per heavy atom. The van der Waals surface area contributed by atoms with E-state index in [1.807, 2.05) is 26.0 Å². The van der Waals surface area contributed by atoms with Gasteiger partial charge in [-0.15, -0.1) is 0 Å². The predicted molar refractivity (Wildman–Crippen MR) is 84.4 cm³/mol. The van der Waals surface area contributed by atoms with E-state index in [0.29, 0.717) is 17.1 Å². The van der Waals surface area contributed by atoms with E-state index in [1.54, 1.807) is 18.2 Å². The number of amides is 1. The molecule has 5 heteroatoms. The minimum atomic E-state index is -0.165. The number of carbonyl (C=O) groups is 1. The molecule has 0 fully saturated rings. The van der Waals surface area contributed by atoms with Gasteiger partial charge in [0.05, 0.1) is 11.9 Å². The second-order valence-electron chi connectivity index (χ2n) is 5.06. The van der Waals surface area contributed by atoms with E-state index in [-0.39, 0.29) is 5.91 Å². The standard InChI is InChI=1S/C16H16N4O/c1-9-10(2)19-14-5-3-11(7-13(9)14)16(21)20-12-4-6-15(17)18-8-12/h3-8,19H,1-2H3,(H2,17,18)(H,20,21). The number of fused-ring (bicyclic) bond motifs is 1. The molecule has 0 saturated heterocycles. The van der Waals surface area contributed by atoms with Gasteiger partial charge in [-0.2, -0.15) is 0 Å². The van der Waals surface area contributed by atoms with Crippen LogP contribution in [0.2, 0.25) is 0 Å². The van der Waals surface area contributed by atoms with E-state index in [0.717, 1.165) is 22.2 Å². The lowest BCUT2D eigenvalue weighted by atomic mass is 10.1. The summed E-state index contributed by atoms with van der Waals surface area (Å²) in [6.45, 7) is 4.06. The highest BCUT2D eigenvalue weighted by atomic mass is 16.1. The third-order valence-corrected chi connectivity index (χ3v) is 3.61. The third kappa shape index (κ3) is 2.45. The quantitative estimate of drug-likeness (QED) is 0.674. The van der Waals surface area contributed by atoms with Gasteiger partial charge >= 0.3 is 0 Å². The van der Waals surface area contributed by atoms with Crippen molar-refractivity contribution in [2.24, 2.45) is 0 Å². The van der Waals surface area contributed by atoms with E-state index >= 15 is 0 Å². The molecule has 1 aromatic carbocycles. The van der Waals surface area contributed by atoms with Crippen LogP contribution in [-0.2, 0) is 0 Å². The van der Waals surface area contributed by atoms with Crippen LogP contribution < -0.4 is 11.1 Å². The highest BCUT2D eigenvalue weighted by Gasteiger charge is 2.10. The van der Waals surface area contributed by atoms with E-state index in [2.05, 4.69) is 15.3 Å². The second-order valence-corrected chi connectivity index (χ2v) is 5.06. The zero-order chi connectivity index (χ0) is 15.0. The number of hydrogen-bond donors (Lipinski definition) is 3. The Labute approximate surface area is 122 Å². The van der Waals surface area contributed by atoms with E-state index in [1.165, 1.54) is 6.20 Å². The molecule has 0 aliphatic heterocycles. The summed E-state index contributed by atoms with van der Waals surface area (Å²) in [6.07, 6.45) is 1.54. The van der Waals surface area contributed by atoms with Crippen molar-refractivity contribution in [1.29, 1.82) is 0 Å². The van der Waals surface area contributed by atoms with Crippen LogP contribution >= 0.6 is 0 Å². The van der Waals surface area contributed by atoms with Crippen LogP contribution in [0.15, 0.2) is 36.5 Å². The van der Waals surface area contributed by atoms with Crippen molar-refractivity contribution in [2.75, 3.05) is 11.1 Å². The van der Waals surface area contributed by atoms with Crippen LogP contribution in [-0.4, -0.2) is 15.9 Å². The van der Waals surface area contributed by atoms with Crippen molar-refractivity contribution in [3.63, 3.8) is 0 Å². The van der Waals surface area contributed by atoms with E-state index in [9.17, 15) is 4.79 Å². The molecule has 106 valence electrons. The first kappa shape index (κ1) is 13.2. The van der Waals surface area contributed by atoms with Gasteiger partial charge < -0.3 is 16.0 Å². The lowest BCUT2D eigenvalue weighted by Crippen LogP contribution is -2.12. The first-order chi connectivity index (χ1) is 10.0. The molecule has 0 aliphatic carbocycles. The van der Waals surface area contributed by atoms with Gasteiger partial charge in [-0.25, -0.2) is 4.98 Å². The number of nitrogens with zero attached hydrogens (tertiary/aromatic N) is 1.